The maximum Gasteiger partial charge on any atom is 0.235 e. The molecule has 1 amide bonds. The largest absolute Gasteiger partial charge is 0.409 e. The van der Waals surface area contributed by atoms with Crippen LogP contribution in [0.4, 0.5) is 0 Å². The maximum atomic E-state index is 12.3. The Morgan fingerprint density at radius 1 is 1.32 bits per heavy atom. The lowest BCUT2D eigenvalue weighted by atomic mass is 9.96. The van der Waals surface area contributed by atoms with Gasteiger partial charge in [0.15, 0.2) is 5.84 Å². The summed E-state index contributed by atoms with van der Waals surface area (Å²) in [6, 6.07) is 9.16. The number of hydrogen-bond acceptors (Lipinski definition) is 3. The Labute approximate surface area is 113 Å². The summed E-state index contributed by atoms with van der Waals surface area (Å²) in [6.07, 6.45) is 1.69. The van der Waals surface area contributed by atoms with Crippen molar-refractivity contribution >= 4 is 11.7 Å². The molecule has 1 unspecified atom stereocenters. The molecule has 5 heteroatoms. The number of nitrogens with two attached hydrogens (primary N) is 1. The third-order valence-electron chi connectivity index (χ3n) is 3.14. The van der Waals surface area contributed by atoms with Gasteiger partial charge in [0, 0.05) is 6.04 Å². The van der Waals surface area contributed by atoms with Gasteiger partial charge in [0.25, 0.3) is 0 Å². The highest BCUT2D eigenvalue weighted by molar-refractivity contribution is 6.07. The molecule has 1 atom stereocenters. The number of rotatable bonds is 6. The van der Waals surface area contributed by atoms with Gasteiger partial charge in [0.2, 0.25) is 5.91 Å². The molecule has 0 aliphatic rings. The zero-order valence-electron chi connectivity index (χ0n) is 11.3. The Morgan fingerprint density at radius 3 is 2.37 bits per heavy atom. The molecule has 1 aromatic rings. The number of amidine groups is 1. The molecule has 0 radical (unpaired) electrons. The van der Waals surface area contributed by atoms with Crippen LogP contribution in [0.2, 0.25) is 0 Å². The molecule has 104 valence electrons. The standard InChI is InChI=1S/C14H21N3O2/c1-3-11(4-2)16-14(18)12(13(15)17-19)10-8-6-5-7-9-10/h5-9,11-12,19H,3-4H2,1-2H3,(H2,15,17)(H,16,18). The predicted molar refractivity (Wildman–Crippen MR) is 75.1 cm³/mol. The van der Waals surface area contributed by atoms with Gasteiger partial charge in [-0.3, -0.25) is 4.79 Å². The molecule has 0 aromatic heterocycles. The van der Waals surface area contributed by atoms with Crippen LogP contribution in [-0.4, -0.2) is 23.0 Å². The van der Waals surface area contributed by atoms with Crippen LogP contribution in [0.25, 0.3) is 0 Å². The number of benzene rings is 1. The monoisotopic (exact) mass is 263 g/mol. The summed E-state index contributed by atoms with van der Waals surface area (Å²) in [5.74, 6) is -1.10. The van der Waals surface area contributed by atoms with Crippen LogP contribution in [0, 0.1) is 0 Å². The van der Waals surface area contributed by atoms with Gasteiger partial charge < -0.3 is 16.3 Å². The van der Waals surface area contributed by atoms with Crippen molar-refractivity contribution in [2.45, 2.75) is 38.6 Å². The van der Waals surface area contributed by atoms with Crippen LogP contribution in [0.1, 0.15) is 38.2 Å². The molecule has 0 spiro atoms. The van der Waals surface area contributed by atoms with Crippen LogP contribution in [0.15, 0.2) is 35.5 Å². The summed E-state index contributed by atoms with van der Waals surface area (Å²) in [4.78, 5) is 12.3. The van der Waals surface area contributed by atoms with Crippen molar-refractivity contribution in [2.75, 3.05) is 0 Å². The van der Waals surface area contributed by atoms with Crippen LogP contribution in [0.5, 0.6) is 0 Å². The van der Waals surface area contributed by atoms with E-state index in [9.17, 15) is 4.79 Å². The molecule has 4 N–H and O–H groups in total. The molecule has 19 heavy (non-hydrogen) atoms. The van der Waals surface area contributed by atoms with Crippen LogP contribution in [0.3, 0.4) is 0 Å². The maximum absolute atomic E-state index is 12.3. The van der Waals surface area contributed by atoms with E-state index in [0.29, 0.717) is 5.56 Å². The van der Waals surface area contributed by atoms with E-state index in [0.717, 1.165) is 12.8 Å². The number of carbonyl (C=O) groups is 1. The molecule has 1 aromatic carbocycles. The van der Waals surface area contributed by atoms with Gasteiger partial charge in [-0.05, 0) is 18.4 Å². The van der Waals surface area contributed by atoms with Crippen molar-refractivity contribution in [1.82, 2.24) is 5.32 Å². The van der Waals surface area contributed by atoms with Crippen molar-refractivity contribution < 1.29 is 10.0 Å². The molecule has 0 saturated carbocycles. The van der Waals surface area contributed by atoms with Gasteiger partial charge in [0.1, 0.15) is 5.92 Å². The van der Waals surface area contributed by atoms with Gasteiger partial charge in [-0.1, -0.05) is 49.3 Å². The summed E-state index contributed by atoms with van der Waals surface area (Å²) in [5, 5.41) is 14.7. The Hall–Kier alpha value is -2.04. The van der Waals surface area contributed by atoms with E-state index in [4.69, 9.17) is 10.9 Å². The first kappa shape index (κ1) is 15.0. The normalized spacial score (nSPS) is 13.3. The summed E-state index contributed by atoms with van der Waals surface area (Å²) >= 11 is 0. The smallest absolute Gasteiger partial charge is 0.235 e. The summed E-state index contributed by atoms with van der Waals surface area (Å²) in [7, 11) is 0. The van der Waals surface area contributed by atoms with Crippen molar-refractivity contribution in [2.24, 2.45) is 10.9 Å². The fourth-order valence-corrected chi connectivity index (χ4v) is 1.94. The number of carbonyl (C=O) groups excluding carboxylic acids is 1. The summed E-state index contributed by atoms with van der Waals surface area (Å²) in [6.45, 7) is 4.02. The minimum Gasteiger partial charge on any atom is -0.409 e. The van der Waals surface area contributed by atoms with Crippen LogP contribution >= 0.6 is 0 Å². The van der Waals surface area contributed by atoms with E-state index in [-0.39, 0.29) is 17.8 Å². The van der Waals surface area contributed by atoms with Crippen molar-refractivity contribution in [3.63, 3.8) is 0 Å². The molecule has 0 fully saturated rings. The number of nitrogens with one attached hydrogen (secondary N) is 1. The van der Waals surface area contributed by atoms with Gasteiger partial charge in [-0.15, -0.1) is 0 Å². The highest BCUT2D eigenvalue weighted by atomic mass is 16.4. The first-order chi connectivity index (χ1) is 9.13. The minimum absolute atomic E-state index is 0.102. The van der Waals surface area contributed by atoms with E-state index in [1.165, 1.54) is 0 Å². The van der Waals surface area contributed by atoms with Crippen LogP contribution < -0.4 is 11.1 Å². The minimum atomic E-state index is -0.758. The van der Waals surface area contributed by atoms with E-state index in [1.54, 1.807) is 12.1 Å². The molecule has 0 heterocycles. The van der Waals surface area contributed by atoms with Crippen LogP contribution in [-0.2, 0) is 4.79 Å². The first-order valence-electron chi connectivity index (χ1n) is 6.46. The summed E-state index contributed by atoms with van der Waals surface area (Å²) in [5.41, 5.74) is 6.36. The molecular formula is C14H21N3O2. The predicted octanol–water partition coefficient (Wildman–Crippen LogP) is 1.82. The van der Waals surface area contributed by atoms with E-state index in [2.05, 4.69) is 10.5 Å². The second-order valence-electron chi connectivity index (χ2n) is 4.39. The Kier molecular flexibility index (Phi) is 5.85. The number of amides is 1. The fourth-order valence-electron chi connectivity index (χ4n) is 1.94. The SMILES string of the molecule is CCC(CC)NC(=O)C(C(N)=NO)c1ccccc1. The summed E-state index contributed by atoms with van der Waals surface area (Å²) < 4.78 is 0. The lowest BCUT2D eigenvalue weighted by molar-refractivity contribution is -0.121. The number of oxime groups is 1. The van der Waals surface area contributed by atoms with E-state index < -0.39 is 5.92 Å². The number of nitrogens with zero attached hydrogens (tertiary/aromatic N) is 1. The highest BCUT2D eigenvalue weighted by Gasteiger charge is 2.26. The van der Waals surface area contributed by atoms with Crippen molar-refractivity contribution in [3.8, 4) is 0 Å². The lowest BCUT2D eigenvalue weighted by Crippen LogP contribution is -2.42. The van der Waals surface area contributed by atoms with Gasteiger partial charge >= 0.3 is 0 Å². The highest BCUT2D eigenvalue weighted by Crippen LogP contribution is 2.16. The zero-order chi connectivity index (χ0) is 14.3. The molecule has 0 aliphatic heterocycles. The zero-order valence-corrected chi connectivity index (χ0v) is 11.3. The van der Waals surface area contributed by atoms with Crippen molar-refractivity contribution in [3.05, 3.63) is 35.9 Å². The molecule has 5 nitrogen and oxygen atoms in total. The third-order valence-corrected chi connectivity index (χ3v) is 3.14. The fraction of sp³-hybridized carbons (Fsp3) is 0.429. The van der Waals surface area contributed by atoms with Gasteiger partial charge in [-0.2, -0.15) is 0 Å². The number of hydrogen-bond donors (Lipinski definition) is 3. The third kappa shape index (κ3) is 3.98. The Morgan fingerprint density at radius 2 is 1.89 bits per heavy atom. The molecule has 1 rings (SSSR count). The lowest BCUT2D eigenvalue weighted by Gasteiger charge is -2.20. The second kappa shape index (κ2) is 7.41. The molecule has 0 bridgehead atoms. The first-order valence-corrected chi connectivity index (χ1v) is 6.46. The molecule has 0 aliphatic carbocycles. The Bertz CT molecular complexity index is 428. The van der Waals surface area contributed by atoms with Gasteiger partial charge in [0.05, 0.1) is 0 Å². The Balaban J connectivity index is 2.96. The van der Waals surface area contributed by atoms with E-state index in [1.807, 2.05) is 32.0 Å². The quantitative estimate of drug-likeness (QED) is 0.316. The average molecular weight is 263 g/mol. The second-order valence-corrected chi connectivity index (χ2v) is 4.39. The average Bonchev–Trinajstić information content (AvgIpc) is 2.45. The molecule has 0 saturated heterocycles. The van der Waals surface area contributed by atoms with E-state index >= 15 is 0 Å². The topological polar surface area (TPSA) is 87.7 Å². The molecular weight excluding hydrogens is 242 g/mol. The van der Waals surface area contributed by atoms with Gasteiger partial charge in [-0.25, -0.2) is 0 Å². The van der Waals surface area contributed by atoms with Crippen molar-refractivity contribution in [1.29, 1.82) is 0 Å².